The van der Waals surface area contributed by atoms with Gasteiger partial charge in [-0.05, 0) is 30.2 Å². The van der Waals surface area contributed by atoms with E-state index in [1.54, 1.807) is 19.2 Å². The summed E-state index contributed by atoms with van der Waals surface area (Å²) >= 11 is 0. The van der Waals surface area contributed by atoms with Crippen LogP contribution in [0.4, 0.5) is 5.69 Å². The summed E-state index contributed by atoms with van der Waals surface area (Å²) in [4.78, 5) is 24.5. The van der Waals surface area contributed by atoms with Gasteiger partial charge >= 0.3 is 0 Å². The molecule has 26 heavy (non-hydrogen) atoms. The number of carbonyl (C=O) groups excluding carboxylic acids is 2. The first-order valence-electron chi connectivity index (χ1n) is 8.54. The molecule has 0 saturated heterocycles. The minimum Gasteiger partial charge on any atom is -0.496 e. The van der Waals surface area contributed by atoms with Crippen molar-refractivity contribution in [2.24, 2.45) is 5.10 Å². The molecule has 0 unspecified atom stereocenters. The second-order valence-electron chi connectivity index (χ2n) is 5.91. The van der Waals surface area contributed by atoms with Gasteiger partial charge in [-0.15, -0.1) is 0 Å². The van der Waals surface area contributed by atoms with Crippen LogP contribution in [-0.2, 0) is 16.0 Å². The highest BCUT2D eigenvalue weighted by Crippen LogP contribution is 2.20. The first-order chi connectivity index (χ1) is 12.7. The second-order valence-corrected chi connectivity index (χ2v) is 5.91. The van der Waals surface area contributed by atoms with Crippen molar-refractivity contribution in [3.05, 3.63) is 60.2 Å². The molecule has 0 saturated carbocycles. The number of nitrogens with zero attached hydrogens (tertiary/aromatic N) is 2. The Kier molecular flexibility index (Phi) is 5.63. The molecule has 0 radical (unpaired) electrons. The smallest absolute Gasteiger partial charge is 0.267 e. The number of methoxy groups -OCH3 is 1. The summed E-state index contributed by atoms with van der Waals surface area (Å²) in [5.74, 6) is 0.452. The van der Waals surface area contributed by atoms with Crippen LogP contribution in [0.5, 0.6) is 5.75 Å². The number of nitrogens with one attached hydrogen (secondary N) is 1. The molecule has 3 rings (SSSR count). The number of hydrogen-bond donors (Lipinski definition) is 1. The average Bonchev–Trinajstić information content (AvgIpc) is 2.69. The Morgan fingerprint density at radius 2 is 1.85 bits per heavy atom. The van der Waals surface area contributed by atoms with E-state index in [4.69, 9.17) is 4.74 Å². The molecule has 1 heterocycles. The number of para-hydroxylation sites is 2. The predicted octanol–water partition coefficient (Wildman–Crippen LogP) is 2.54. The molecule has 6 heteroatoms. The Labute approximate surface area is 152 Å². The molecular formula is C20H21N3O3. The van der Waals surface area contributed by atoms with Gasteiger partial charge in [-0.1, -0.05) is 36.4 Å². The van der Waals surface area contributed by atoms with Crippen molar-refractivity contribution in [2.45, 2.75) is 19.3 Å². The van der Waals surface area contributed by atoms with Crippen molar-refractivity contribution in [3.63, 3.8) is 0 Å². The lowest BCUT2D eigenvalue weighted by molar-refractivity contribution is -0.118. The highest BCUT2D eigenvalue weighted by Gasteiger charge is 2.25. The van der Waals surface area contributed by atoms with E-state index in [0.29, 0.717) is 30.8 Å². The first-order valence-corrected chi connectivity index (χ1v) is 8.54. The minimum absolute atomic E-state index is 0.109. The molecule has 1 aliphatic heterocycles. The molecule has 2 aromatic carbocycles. The van der Waals surface area contributed by atoms with E-state index in [0.717, 1.165) is 11.3 Å². The van der Waals surface area contributed by atoms with Gasteiger partial charge < -0.3 is 10.1 Å². The summed E-state index contributed by atoms with van der Waals surface area (Å²) in [6.45, 7) is 0.470. The fourth-order valence-electron chi connectivity index (χ4n) is 2.81. The number of hydrazone groups is 1. The monoisotopic (exact) mass is 351 g/mol. The molecule has 0 bridgehead atoms. The van der Waals surface area contributed by atoms with E-state index in [2.05, 4.69) is 10.4 Å². The fourth-order valence-corrected chi connectivity index (χ4v) is 2.81. The zero-order valence-corrected chi connectivity index (χ0v) is 14.6. The summed E-state index contributed by atoms with van der Waals surface area (Å²) in [6, 6.07) is 16.8. The summed E-state index contributed by atoms with van der Waals surface area (Å²) in [6.07, 6.45) is 1.28. The van der Waals surface area contributed by atoms with Crippen LogP contribution in [0.2, 0.25) is 0 Å². The van der Waals surface area contributed by atoms with Gasteiger partial charge in [-0.2, -0.15) is 5.10 Å². The number of amides is 2. The van der Waals surface area contributed by atoms with Crippen LogP contribution in [0.15, 0.2) is 59.7 Å². The van der Waals surface area contributed by atoms with Crippen molar-refractivity contribution in [1.82, 2.24) is 5.32 Å². The number of ether oxygens (including phenoxy) is 1. The third-order valence-corrected chi connectivity index (χ3v) is 4.17. The second kappa shape index (κ2) is 8.29. The van der Waals surface area contributed by atoms with Crippen molar-refractivity contribution < 1.29 is 14.3 Å². The summed E-state index contributed by atoms with van der Waals surface area (Å²) in [7, 11) is 1.63. The maximum atomic E-state index is 12.4. The molecule has 134 valence electrons. The predicted molar refractivity (Wildman–Crippen MR) is 100 cm³/mol. The van der Waals surface area contributed by atoms with Gasteiger partial charge in [-0.3, -0.25) is 9.59 Å². The van der Waals surface area contributed by atoms with E-state index >= 15 is 0 Å². The average molecular weight is 351 g/mol. The van der Waals surface area contributed by atoms with E-state index in [1.165, 1.54) is 5.01 Å². The third-order valence-electron chi connectivity index (χ3n) is 4.17. The summed E-state index contributed by atoms with van der Waals surface area (Å²) in [5, 5.41) is 8.44. The quantitative estimate of drug-likeness (QED) is 0.869. The molecule has 1 aliphatic rings. The Balaban J connectivity index is 1.63. The highest BCUT2D eigenvalue weighted by atomic mass is 16.5. The third kappa shape index (κ3) is 4.08. The maximum Gasteiger partial charge on any atom is 0.267 e. The maximum absolute atomic E-state index is 12.4. The summed E-state index contributed by atoms with van der Waals surface area (Å²) in [5.41, 5.74) is 2.06. The van der Waals surface area contributed by atoms with Gasteiger partial charge in [0.25, 0.3) is 5.91 Å². The lowest BCUT2D eigenvalue weighted by atomic mass is 10.1. The van der Waals surface area contributed by atoms with Crippen molar-refractivity contribution >= 4 is 23.2 Å². The van der Waals surface area contributed by atoms with Crippen molar-refractivity contribution in [2.75, 3.05) is 18.7 Å². The summed E-state index contributed by atoms with van der Waals surface area (Å²) < 4.78 is 5.31. The number of benzene rings is 2. The van der Waals surface area contributed by atoms with Gasteiger partial charge in [0.2, 0.25) is 5.91 Å². The van der Waals surface area contributed by atoms with E-state index in [1.807, 2.05) is 42.5 Å². The number of hydrogen-bond acceptors (Lipinski definition) is 4. The van der Waals surface area contributed by atoms with Gasteiger partial charge in [-0.25, -0.2) is 5.01 Å². The standard InChI is InChI=1S/C20H21N3O3/c1-26-18-10-6-5-7-15(18)13-14-21-20(25)17-11-12-19(24)23(22-17)16-8-3-2-4-9-16/h2-10H,11-14H2,1H3,(H,21,25). The van der Waals surface area contributed by atoms with E-state index in [-0.39, 0.29) is 18.2 Å². The molecule has 2 aromatic rings. The van der Waals surface area contributed by atoms with Crippen molar-refractivity contribution in [1.29, 1.82) is 0 Å². The van der Waals surface area contributed by atoms with Gasteiger partial charge in [0, 0.05) is 19.4 Å². The highest BCUT2D eigenvalue weighted by molar-refractivity contribution is 6.40. The van der Waals surface area contributed by atoms with Crippen LogP contribution in [0, 0.1) is 0 Å². The number of anilines is 1. The molecular weight excluding hydrogens is 330 g/mol. The Morgan fingerprint density at radius 3 is 2.62 bits per heavy atom. The molecule has 0 atom stereocenters. The Hall–Kier alpha value is -3.15. The van der Waals surface area contributed by atoms with Gasteiger partial charge in [0.15, 0.2) is 0 Å². The number of rotatable bonds is 6. The Bertz CT molecular complexity index is 818. The van der Waals surface area contributed by atoms with Crippen LogP contribution in [-0.4, -0.2) is 31.2 Å². The topological polar surface area (TPSA) is 71.0 Å². The molecule has 0 fully saturated rings. The SMILES string of the molecule is COc1ccccc1CCNC(=O)C1=NN(c2ccccc2)C(=O)CC1. The van der Waals surface area contributed by atoms with Gasteiger partial charge in [0.05, 0.1) is 12.8 Å². The van der Waals surface area contributed by atoms with E-state index in [9.17, 15) is 9.59 Å². The molecule has 2 amide bonds. The van der Waals surface area contributed by atoms with Crippen LogP contribution in [0.3, 0.4) is 0 Å². The zero-order chi connectivity index (χ0) is 18.4. The zero-order valence-electron chi connectivity index (χ0n) is 14.6. The largest absolute Gasteiger partial charge is 0.496 e. The van der Waals surface area contributed by atoms with Crippen molar-refractivity contribution in [3.8, 4) is 5.75 Å². The van der Waals surface area contributed by atoms with Crippen LogP contribution < -0.4 is 15.1 Å². The first kappa shape index (κ1) is 17.7. The number of carbonyl (C=O) groups is 2. The normalized spacial score (nSPS) is 14.0. The fraction of sp³-hybridized carbons (Fsp3) is 0.250. The lowest BCUT2D eigenvalue weighted by Gasteiger charge is -2.23. The minimum atomic E-state index is -0.242. The lowest BCUT2D eigenvalue weighted by Crippen LogP contribution is -2.39. The van der Waals surface area contributed by atoms with Crippen LogP contribution >= 0.6 is 0 Å². The molecule has 6 nitrogen and oxygen atoms in total. The molecule has 1 N–H and O–H groups in total. The van der Waals surface area contributed by atoms with Gasteiger partial charge in [0.1, 0.15) is 11.5 Å². The van der Waals surface area contributed by atoms with E-state index < -0.39 is 0 Å². The Morgan fingerprint density at radius 1 is 1.12 bits per heavy atom. The molecule has 0 aromatic heterocycles. The van der Waals surface area contributed by atoms with Crippen LogP contribution in [0.25, 0.3) is 0 Å². The van der Waals surface area contributed by atoms with Crippen LogP contribution in [0.1, 0.15) is 18.4 Å². The molecule has 0 spiro atoms. The molecule has 0 aliphatic carbocycles.